The van der Waals surface area contributed by atoms with E-state index in [1.54, 1.807) is 30.5 Å². The van der Waals surface area contributed by atoms with Crippen LogP contribution in [0.25, 0.3) is 11.2 Å². The summed E-state index contributed by atoms with van der Waals surface area (Å²) in [7, 11) is 0. The Morgan fingerprint density at radius 1 is 1.12 bits per heavy atom. The third-order valence-electron chi connectivity index (χ3n) is 5.06. The molecule has 10 nitrogen and oxygen atoms in total. The van der Waals surface area contributed by atoms with Crippen LogP contribution < -0.4 is 11.3 Å². The van der Waals surface area contributed by atoms with Crippen LogP contribution >= 0.6 is 0 Å². The fraction of sp³-hybridized carbons (Fsp3) is 0.318. The van der Waals surface area contributed by atoms with Crippen LogP contribution in [0.5, 0.6) is 0 Å². The molecule has 1 aromatic carbocycles. The Kier molecular flexibility index (Phi) is 7.04. The van der Waals surface area contributed by atoms with Crippen LogP contribution in [0.15, 0.2) is 35.3 Å². The molecule has 0 bridgehead atoms. The highest BCUT2D eigenvalue weighted by atomic mass is 16.4. The minimum absolute atomic E-state index is 0.0206. The zero-order valence-electron chi connectivity index (χ0n) is 17.5. The first-order valence-corrected chi connectivity index (χ1v) is 10.1. The molecule has 3 rings (SSSR count). The van der Waals surface area contributed by atoms with Crippen molar-refractivity contribution in [3.8, 4) is 0 Å². The number of carbonyl (C=O) groups excluding carboxylic acids is 2. The van der Waals surface area contributed by atoms with E-state index in [2.05, 4.69) is 19.9 Å². The number of nitrogens with two attached hydrogens (primary N) is 1. The Bertz CT molecular complexity index is 1220. The predicted octanol–water partition coefficient (Wildman–Crippen LogP) is 1.72. The van der Waals surface area contributed by atoms with Crippen molar-refractivity contribution >= 4 is 34.6 Å². The molecule has 0 aliphatic heterocycles. The lowest BCUT2D eigenvalue weighted by Gasteiger charge is -2.11. The first kappa shape index (κ1) is 22.7. The average molecular weight is 437 g/mol. The Morgan fingerprint density at radius 3 is 2.50 bits per heavy atom. The smallest absolute Gasteiger partial charge is 0.306 e. The van der Waals surface area contributed by atoms with Gasteiger partial charge in [0.1, 0.15) is 5.78 Å². The number of carbonyl (C=O) groups is 3. The summed E-state index contributed by atoms with van der Waals surface area (Å²) in [6, 6.07) is 6.90. The number of aromatic nitrogens is 4. The lowest BCUT2D eigenvalue weighted by Crippen LogP contribution is -2.19. The van der Waals surface area contributed by atoms with Crippen LogP contribution in [-0.4, -0.2) is 42.6 Å². The minimum Gasteiger partial charge on any atom is -0.481 e. The van der Waals surface area contributed by atoms with E-state index in [-0.39, 0.29) is 47.9 Å². The van der Waals surface area contributed by atoms with Crippen molar-refractivity contribution in [3.63, 3.8) is 0 Å². The van der Waals surface area contributed by atoms with Crippen LogP contribution in [0.1, 0.15) is 47.8 Å². The number of hydrogen-bond donors (Lipinski definition) is 3. The van der Waals surface area contributed by atoms with Gasteiger partial charge in [0.2, 0.25) is 5.95 Å². The zero-order chi connectivity index (χ0) is 23.3. The Morgan fingerprint density at radius 2 is 1.84 bits per heavy atom. The molecular formula is C22H23N5O5. The van der Waals surface area contributed by atoms with Gasteiger partial charge in [0.15, 0.2) is 16.9 Å². The topological polar surface area (TPSA) is 169 Å². The molecule has 10 heteroatoms. The largest absolute Gasteiger partial charge is 0.481 e. The first-order chi connectivity index (χ1) is 15.2. The van der Waals surface area contributed by atoms with Crippen molar-refractivity contribution in [2.75, 3.05) is 5.73 Å². The number of nitrogens with one attached hydrogen (secondary N) is 1. The summed E-state index contributed by atoms with van der Waals surface area (Å²) >= 11 is 0. The summed E-state index contributed by atoms with van der Waals surface area (Å²) in [4.78, 5) is 61.7. The lowest BCUT2D eigenvalue weighted by molar-refractivity contribution is -0.142. The van der Waals surface area contributed by atoms with Crippen LogP contribution in [0.4, 0.5) is 5.95 Å². The highest BCUT2D eigenvalue weighted by Gasteiger charge is 2.22. The van der Waals surface area contributed by atoms with Crippen molar-refractivity contribution in [1.29, 1.82) is 0 Å². The molecule has 0 saturated carbocycles. The number of carboxylic acid groups (broad SMARTS) is 1. The van der Waals surface area contributed by atoms with E-state index in [0.29, 0.717) is 24.1 Å². The second-order valence-electron chi connectivity index (χ2n) is 7.58. The number of Topliss-reactive ketones (excluding diaryl/α,β-unsaturated/α-hetero) is 2. The number of nitrogen functional groups attached to an aromatic ring is 1. The maximum absolute atomic E-state index is 12.5. The van der Waals surface area contributed by atoms with E-state index in [0.717, 1.165) is 5.56 Å². The molecule has 4 N–H and O–H groups in total. The summed E-state index contributed by atoms with van der Waals surface area (Å²) in [5.41, 5.74) is 7.33. The second kappa shape index (κ2) is 9.90. The molecular weight excluding hydrogens is 414 g/mol. The van der Waals surface area contributed by atoms with Gasteiger partial charge in [0.05, 0.1) is 17.8 Å². The first-order valence-electron chi connectivity index (χ1n) is 10.1. The number of aliphatic carboxylic acids is 1. The molecule has 3 aromatic rings. The number of carboxylic acids is 1. The van der Waals surface area contributed by atoms with Crippen molar-refractivity contribution in [2.45, 2.75) is 39.0 Å². The van der Waals surface area contributed by atoms with Crippen LogP contribution in [0.3, 0.4) is 0 Å². The molecule has 0 fully saturated rings. The monoisotopic (exact) mass is 437 g/mol. The number of H-pyrrole nitrogens is 1. The average Bonchev–Trinajstić information content (AvgIpc) is 2.75. The van der Waals surface area contributed by atoms with Gasteiger partial charge in [-0.3, -0.25) is 19.4 Å². The number of hydrogen-bond acceptors (Lipinski definition) is 8. The SMILES string of the molecule is CC(=O)CC[C@@H](CC(=O)c1ccc(CCc2cnc3nc(N)[nH]c(=O)c3n2)cc1)C(=O)O. The van der Waals surface area contributed by atoms with E-state index in [1.165, 1.54) is 6.92 Å². The van der Waals surface area contributed by atoms with Gasteiger partial charge in [-0.25, -0.2) is 9.97 Å². The molecule has 32 heavy (non-hydrogen) atoms. The van der Waals surface area contributed by atoms with Crippen molar-refractivity contribution < 1.29 is 19.5 Å². The molecule has 0 unspecified atom stereocenters. The number of anilines is 1. The van der Waals surface area contributed by atoms with E-state index in [9.17, 15) is 24.3 Å². The summed E-state index contributed by atoms with van der Waals surface area (Å²) in [5.74, 6) is -2.37. The maximum Gasteiger partial charge on any atom is 0.306 e. The van der Waals surface area contributed by atoms with Gasteiger partial charge in [0, 0.05) is 18.4 Å². The number of ketones is 2. The number of aromatic amines is 1. The minimum atomic E-state index is -1.08. The molecule has 0 aliphatic carbocycles. The van der Waals surface area contributed by atoms with Gasteiger partial charge in [-0.2, -0.15) is 4.98 Å². The Hall–Kier alpha value is -3.95. The normalized spacial score (nSPS) is 11.9. The van der Waals surface area contributed by atoms with Gasteiger partial charge in [0.25, 0.3) is 5.56 Å². The number of aryl methyl sites for hydroxylation is 2. The molecule has 0 saturated heterocycles. The second-order valence-corrected chi connectivity index (χ2v) is 7.58. The van der Waals surface area contributed by atoms with Crippen LogP contribution in [-0.2, 0) is 22.4 Å². The maximum atomic E-state index is 12.5. The molecule has 0 radical (unpaired) electrons. The Balaban J connectivity index is 1.62. The number of nitrogens with zero attached hydrogens (tertiary/aromatic N) is 3. The summed E-state index contributed by atoms with van der Waals surface area (Å²) < 4.78 is 0. The van der Waals surface area contributed by atoms with E-state index in [1.807, 2.05) is 0 Å². The molecule has 0 amide bonds. The number of rotatable bonds is 10. The number of fused-ring (bicyclic) bond motifs is 1. The quantitative estimate of drug-likeness (QED) is 0.400. The molecule has 2 heterocycles. The highest BCUT2D eigenvalue weighted by molar-refractivity contribution is 5.98. The molecule has 0 aliphatic rings. The van der Waals surface area contributed by atoms with Crippen LogP contribution in [0.2, 0.25) is 0 Å². The van der Waals surface area contributed by atoms with Gasteiger partial charge in [-0.15, -0.1) is 0 Å². The van der Waals surface area contributed by atoms with Gasteiger partial charge in [-0.1, -0.05) is 24.3 Å². The van der Waals surface area contributed by atoms with Crippen LogP contribution in [0, 0.1) is 5.92 Å². The van der Waals surface area contributed by atoms with E-state index >= 15 is 0 Å². The van der Waals surface area contributed by atoms with E-state index in [4.69, 9.17) is 5.73 Å². The van der Waals surface area contributed by atoms with Gasteiger partial charge < -0.3 is 15.6 Å². The highest BCUT2D eigenvalue weighted by Crippen LogP contribution is 2.17. The standard InChI is InChI=1S/C22H23N5O5/c1-12(28)2-6-15(21(31)32)10-17(29)14-7-3-13(4-8-14)5-9-16-11-24-19-18(25-16)20(30)27-22(23)26-19/h3-4,7-8,11,15H,2,5-6,9-10H2,1H3,(H,31,32)(H3,23,24,26,27,30)/t15-/m0/s1. The fourth-order valence-electron chi connectivity index (χ4n) is 3.25. The van der Waals surface area contributed by atoms with E-state index < -0.39 is 17.4 Å². The zero-order valence-corrected chi connectivity index (χ0v) is 17.5. The summed E-state index contributed by atoms with van der Waals surface area (Å²) in [6.45, 7) is 1.40. The number of benzene rings is 1. The Labute approximate surface area is 182 Å². The van der Waals surface area contributed by atoms with Gasteiger partial charge >= 0.3 is 5.97 Å². The lowest BCUT2D eigenvalue weighted by atomic mass is 9.93. The van der Waals surface area contributed by atoms with Crippen molar-refractivity contribution in [2.24, 2.45) is 5.92 Å². The molecule has 0 spiro atoms. The van der Waals surface area contributed by atoms with Crippen molar-refractivity contribution in [3.05, 3.63) is 57.6 Å². The molecule has 1 atom stereocenters. The summed E-state index contributed by atoms with van der Waals surface area (Å²) in [6.07, 6.45) is 2.79. The molecule has 2 aromatic heterocycles. The molecule has 166 valence electrons. The third-order valence-corrected chi connectivity index (χ3v) is 5.06. The predicted molar refractivity (Wildman–Crippen MR) is 116 cm³/mol. The fourth-order valence-corrected chi connectivity index (χ4v) is 3.25. The van der Waals surface area contributed by atoms with Gasteiger partial charge in [-0.05, 0) is 31.7 Å². The third kappa shape index (κ3) is 5.81. The summed E-state index contributed by atoms with van der Waals surface area (Å²) in [5, 5.41) is 9.29. The van der Waals surface area contributed by atoms with Crippen molar-refractivity contribution in [1.82, 2.24) is 19.9 Å².